The van der Waals surface area contributed by atoms with Crippen molar-refractivity contribution in [2.75, 3.05) is 33.4 Å². The predicted octanol–water partition coefficient (Wildman–Crippen LogP) is 5.32. The SMILES string of the molecule is COc1ccc(OCc2ccccc2)cc1OCCNCC(O)COc1cccc2[nH]c3ccccc3c12. The average molecular weight is 513 g/mol. The van der Waals surface area contributed by atoms with E-state index in [1.54, 1.807) is 7.11 Å². The zero-order chi connectivity index (χ0) is 26.2. The molecule has 38 heavy (non-hydrogen) atoms. The number of aromatic amines is 1. The Morgan fingerprint density at radius 2 is 1.61 bits per heavy atom. The van der Waals surface area contributed by atoms with Gasteiger partial charge in [0.2, 0.25) is 0 Å². The first kappa shape index (κ1) is 25.4. The maximum Gasteiger partial charge on any atom is 0.164 e. The van der Waals surface area contributed by atoms with E-state index in [0.29, 0.717) is 43.6 Å². The summed E-state index contributed by atoms with van der Waals surface area (Å²) in [5.74, 6) is 2.70. The summed E-state index contributed by atoms with van der Waals surface area (Å²) in [6.45, 7) is 1.99. The van der Waals surface area contributed by atoms with Crippen LogP contribution in [0, 0.1) is 0 Å². The molecule has 5 aromatic rings. The monoisotopic (exact) mass is 512 g/mol. The zero-order valence-electron chi connectivity index (χ0n) is 21.4. The number of H-pyrrole nitrogens is 1. The van der Waals surface area contributed by atoms with Crippen molar-refractivity contribution in [2.45, 2.75) is 12.7 Å². The molecule has 0 fully saturated rings. The van der Waals surface area contributed by atoms with Gasteiger partial charge in [-0.3, -0.25) is 0 Å². The predicted molar refractivity (Wildman–Crippen MR) is 149 cm³/mol. The van der Waals surface area contributed by atoms with Crippen molar-refractivity contribution in [3.05, 3.63) is 96.6 Å². The molecule has 0 saturated carbocycles. The highest BCUT2D eigenvalue weighted by atomic mass is 16.5. The first-order chi connectivity index (χ1) is 18.7. The van der Waals surface area contributed by atoms with Gasteiger partial charge in [0.15, 0.2) is 11.5 Å². The minimum Gasteiger partial charge on any atom is -0.493 e. The second-order valence-corrected chi connectivity index (χ2v) is 8.95. The molecule has 1 heterocycles. The molecule has 4 aromatic carbocycles. The second kappa shape index (κ2) is 12.4. The molecule has 0 spiro atoms. The fraction of sp³-hybridized carbons (Fsp3) is 0.226. The number of aliphatic hydroxyl groups is 1. The Morgan fingerprint density at radius 3 is 2.47 bits per heavy atom. The Hall–Kier alpha value is -4.20. The van der Waals surface area contributed by atoms with Crippen LogP contribution in [0.4, 0.5) is 0 Å². The maximum atomic E-state index is 10.5. The normalized spacial score (nSPS) is 11.9. The van der Waals surface area contributed by atoms with Crippen LogP contribution in [0.15, 0.2) is 91.0 Å². The van der Waals surface area contributed by atoms with Gasteiger partial charge in [0.25, 0.3) is 0 Å². The average Bonchev–Trinajstić information content (AvgIpc) is 3.35. The molecule has 1 aromatic heterocycles. The molecule has 0 aliphatic rings. The summed E-state index contributed by atoms with van der Waals surface area (Å²) in [6, 6.07) is 29.6. The highest BCUT2D eigenvalue weighted by Gasteiger charge is 2.12. The van der Waals surface area contributed by atoms with Crippen molar-refractivity contribution in [1.82, 2.24) is 10.3 Å². The molecule has 0 radical (unpaired) electrons. The van der Waals surface area contributed by atoms with Crippen LogP contribution in [0.5, 0.6) is 23.0 Å². The van der Waals surface area contributed by atoms with Gasteiger partial charge in [0.05, 0.1) is 12.6 Å². The molecule has 0 bridgehead atoms. The highest BCUT2D eigenvalue weighted by molar-refractivity contribution is 6.10. The van der Waals surface area contributed by atoms with E-state index in [0.717, 1.165) is 33.1 Å². The topological polar surface area (TPSA) is 85.0 Å². The van der Waals surface area contributed by atoms with Gasteiger partial charge in [-0.15, -0.1) is 0 Å². The van der Waals surface area contributed by atoms with Gasteiger partial charge in [0, 0.05) is 35.4 Å². The van der Waals surface area contributed by atoms with Crippen LogP contribution >= 0.6 is 0 Å². The number of ether oxygens (including phenoxy) is 4. The summed E-state index contributed by atoms with van der Waals surface area (Å²) in [7, 11) is 1.61. The van der Waals surface area contributed by atoms with Crippen molar-refractivity contribution in [3.8, 4) is 23.0 Å². The minimum absolute atomic E-state index is 0.182. The summed E-state index contributed by atoms with van der Waals surface area (Å²) in [4.78, 5) is 3.41. The van der Waals surface area contributed by atoms with E-state index in [1.165, 1.54) is 0 Å². The lowest BCUT2D eigenvalue weighted by molar-refractivity contribution is 0.106. The summed E-state index contributed by atoms with van der Waals surface area (Å²) in [5.41, 5.74) is 3.17. The standard InChI is InChI=1S/C31H32N2O5/c1-35-28-15-14-24(37-20-22-8-3-2-4-9-22)18-30(28)36-17-16-32-19-23(34)21-38-29-13-7-12-27-31(29)25-10-5-6-11-26(25)33-27/h2-15,18,23,32-34H,16-17,19-21H2,1H3. The largest absolute Gasteiger partial charge is 0.493 e. The smallest absolute Gasteiger partial charge is 0.164 e. The lowest BCUT2D eigenvalue weighted by atomic mass is 10.1. The number of aliphatic hydroxyl groups excluding tert-OH is 1. The molecular weight excluding hydrogens is 480 g/mol. The molecule has 3 N–H and O–H groups in total. The van der Waals surface area contributed by atoms with E-state index < -0.39 is 6.10 Å². The Balaban J connectivity index is 1.08. The third kappa shape index (κ3) is 6.19. The second-order valence-electron chi connectivity index (χ2n) is 8.95. The summed E-state index contributed by atoms with van der Waals surface area (Å²) < 4.78 is 23.3. The fourth-order valence-electron chi connectivity index (χ4n) is 4.34. The lowest BCUT2D eigenvalue weighted by Crippen LogP contribution is -2.33. The van der Waals surface area contributed by atoms with E-state index in [1.807, 2.05) is 84.9 Å². The molecule has 196 valence electrons. The Kier molecular flexibility index (Phi) is 8.28. The van der Waals surface area contributed by atoms with Crippen LogP contribution in [0.3, 0.4) is 0 Å². The van der Waals surface area contributed by atoms with Gasteiger partial charge < -0.3 is 34.4 Å². The maximum absolute atomic E-state index is 10.5. The molecule has 1 atom stereocenters. The van der Waals surface area contributed by atoms with Crippen LogP contribution in [-0.4, -0.2) is 49.6 Å². The number of nitrogens with one attached hydrogen (secondary N) is 2. The van der Waals surface area contributed by atoms with Crippen molar-refractivity contribution in [2.24, 2.45) is 0 Å². The molecule has 5 rings (SSSR count). The van der Waals surface area contributed by atoms with Crippen LogP contribution < -0.4 is 24.3 Å². The quantitative estimate of drug-likeness (QED) is 0.185. The molecule has 7 heteroatoms. The van der Waals surface area contributed by atoms with Gasteiger partial charge >= 0.3 is 0 Å². The third-order valence-corrected chi connectivity index (χ3v) is 6.22. The molecule has 0 aliphatic carbocycles. The van der Waals surface area contributed by atoms with E-state index in [4.69, 9.17) is 18.9 Å². The number of rotatable bonds is 13. The van der Waals surface area contributed by atoms with E-state index >= 15 is 0 Å². The molecule has 7 nitrogen and oxygen atoms in total. The number of benzene rings is 4. The van der Waals surface area contributed by atoms with Gasteiger partial charge in [-0.05, 0) is 35.9 Å². The van der Waals surface area contributed by atoms with Crippen LogP contribution in [0.25, 0.3) is 21.8 Å². The number of fused-ring (bicyclic) bond motifs is 3. The lowest BCUT2D eigenvalue weighted by Gasteiger charge is -2.15. The summed E-state index contributed by atoms with van der Waals surface area (Å²) >= 11 is 0. The van der Waals surface area contributed by atoms with Crippen molar-refractivity contribution in [1.29, 1.82) is 0 Å². The molecule has 0 saturated heterocycles. The number of aromatic nitrogens is 1. The third-order valence-electron chi connectivity index (χ3n) is 6.22. The molecule has 0 aliphatic heterocycles. The van der Waals surface area contributed by atoms with E-state index in [-0.39, 0.29) is 6.61 Å². The van der Waals surface area contributed by atoms with Gasteiger partial charge in [-0.2, -0.15) is 0 Å². The Labute approximate surface area is 221 Å². The first-order valence-corrected chi connectivity index (χ1v) is 12.7. The highest BCUT2D eigenvalue weighted by Crippen LogP contribution is 2.33. The minimum atomic E-state index is -0.667. The van der Waals surface area contributed by atoms with Crippen LogP contribution in [0.2, 0.25) is 0 Å². The molecular formula is C31H32N2O5. The number of para-hydroxylation sites is 1. The number of hydrogen-bond donors (Lipinski definition) is 3. The Bertz CT molecular complexity index is 1470. The fourth-order valence-corrected chi connectivity index (χ4v) is 4.34. The first-order valence-electron chi connectivity index (χ1n) is 12.7. The van der Waals surface area contributed by atoms with Crippen molar-refractivity contribution in [3.63, 3.8) is 0 Å². The van der Waals surface area contributed by atoms with Gasteiger partial charge in [0.1, 0.15) is 37.4 Å². The molecule has 1 unspecified atom stereocenters. The van der Waals surface area contributed by atoms with E-state index in [2.05, 4.69) is 16.4 Å². The van der Waals surface area contributed by atoms with Gasteiger partial charge in [-0.1, -0.05) is 54.6 Å². The Morgan fingerprint density at radius 1 is 0.789 bits per heavy atom. The zero-order valence-corrected chi connectivity index (χ0v) is 21.4. The summed E-state index contributed by atoms with van der Waals surface area (Å²) in [6.07, 6.45) is -0.667. The van der Waals surface area contributed by atoms with E-state index in [9.17, 15) is 5.11 Å². The number of hydrogen-bond acceptors (Lipinski definition) is 6. The molecule has 0 amide bonds. The van der Waals surface area contributed by atoms with Crippen LogP contribution in [0.1, 0.15) is 5.56 Å². The summed E-state index contributed by atoms with van der Waals surface area (Å²) in [5, 5.41) is 15.8. The van der Waals surface area contributed by atoms with Crippen molar-refractivity contribution >= 4 is 21.8 Å². The van der Waals surface area contributed by atoms with Gasteiger partial charge in [-0.25, -0.2) is 0 Å². The van der Waals surface area contributed by atoms with Crippen molar-refractivity contribution < 1.29 is 24.1 Å². The number of methoxy groups -OCH3 is 1. The van der Waals surface area contributed by atoms with Crippen LogP contribution in [-0.2, 0) is 6.61 Å².